The molecule has 1 aromatic carbocycles. The number of carbonyl (C=O) groups is 2. The predicted octanol–water partition coefficient (Wildman–Crippen LogP) is 2.78. The van der Waals surface area contributed by atoms with Crippen molar-refractivity contribution in [1.82, 2.24) is 4.98 Å². The molecule has 2 atom stereocenters. The van der Waals surface area contributed by atoms with E-state index in [1.54, 1.807) is 23.5 Å². The van der Waals surface area contributed by atoms with Crippen molar-refractivity contribution in [3.05, 3.63) is 34.7 Å². The molecular formula is C15H14N2O3S. The number of anilines is 1. The molecule has 0 radical (unpaired) electrons. The Kier molecular flexibility index (Phi) is 3.47. The molecule has 6 heteroatoms. The summed E-state index contributed by atoms with van der Waals surface area (Å²) in [5.41, 5.74) is 2.59. The van der Waals surface area contributed by atoms with Crippen molar-refractivity contribution in [2.24, 2.45) is 11.8 Å². The maximum atomic E-state index is 11.9. The van der Waals surface area contributed by atoms with E-state index in [0.717, 1.165) is 16.3 Å². The van der Waals surface area contributed by atoms with Crippen LogP contribution in [-0.2, 0) is 9.59 Å². The summed E-state index contributed by atoms with van der Waals surface area (Å²) >= 11 is 1.59. The van der Waals surface area contributed by atoms with Crippen LogP contribution in [0.15, 0.2) is 29.6 Å². The van der Waals surface area contributed by atoms with Gasteiger partial charge in [0.05, 0.1) is 22.5 Å². The summed E-state index contributed by atoms with van der Waals surface area (Å²) in [5, 5.41) is 14.6. The summed E-state index contributed by atoms with van der Waals surface area (Å²) < 4.78 is 0. The molecule has 0 spiro atoms. The number of thiazole rings is 1. The van der Waals surface area contributed by atoms with Gasteiger partial charge in [0.15, 0.2) is 0 Å². The maximum Gasteiger partial charge on any atom is 0.307 e. The van der Waals surface area contributed by atoms with Crippen LogP contribution in [0.3, 0.4) is 0 Å². The van der Waals surface area contributed by atoms with Crippen molar-refractivity contribution < 1.29 is 14.7 Å². The summed E-state index contributed by atoms with van der Waals surface area (Å²) in [6.45, 7) is 1.96. The van der Waals surface area contributed by atoms with Crippen molar-refractivity contribution in [2.45, 2.75) is 13.3 Å². The zero-order chi connectivity index (χ0) is 15.0. The molecule has 1 saturated carbocycles. The van der Waals surface area contributed by atoms with Gasteiger partial charge in [-0.05, 0) is 25.5 Å². The normalized spacial score (nSPS) is 20.0. The molecule has 1 fully saturated rings. The number of benzene rings is 1. The van der Waals surface area contributed by atoms with Gasteiger partial charge < -0.3 is 10.4 Å². The highest BCUT2D eigenvalue weighted by molar-refractivity contribution is 7.09. The van der Waals surface area contributed by atoms with Gasteiger partial charge in [0, 0.05) is 16.6 Å². The Morgan fingerprint density at radius 3 is 2.52 bits per heavy atom. The first kappa shape index (κ1) is 13.8. The second kappa shape index (κ2) is 5.29. The van der Waals surface area contributed by atoms with Crippen LogP contribution >= 0.6 is 11.3 Å². The van der Waals surface area contributed by atoms with Crippen molar-refractivity contribution in [3.63, 3.8) is 0 Å². The molecule has 1 aliphatic rings. The molecule has 2 aromatic rings. The van der Waals surface area contributed by atoms with Crippen LogP contribution in [0.25, 0.3) is 11.3 Å². The lowest BCUT2D eigenvalue weighted by atomic mass is 10.1. The third-order valence-electron chi connectivity index (χ3n) is 3.51. The number of aliphatic carboxylic acids is 1. The van der Waals surface area contributed by atoms with E-state index in [1.807, 2.05) is 24.4 Å². The lowest BCUT2D eigenvalue weighted by molar-refractivity contribution is -0.139. The summed E-state index contributed by atoms with van der Waals surface area (Å²) in [7, 11) is 0. The minimum Gasteiger partial charge on any atom is -0.481 e. The first-order valence-corrected chi connectivity index (χ1v) is 7.49. The molecule has 108 valence electrons. The summed E-state index contributed by atoms with van der Waals surface area (Å²) in [6.07, 6.45) is 0.428. The monoisotopic (exact) mass is 302 g/mol. The number of carbonyl (C=O) groups excluding carboxylic acids is 1. The van der Waals surface area contributed by atoms with Gasteiger partial charge >= 0.3 is 5.97 Å². The molecule has 5 nitrogen and oxygen atoms in total. The Bertz CT molecular complexity index is 693. The van der Waals surface area contributed by atoms with Gasteiger partial charge in [-0.1, -0.05) is 12.1 Å². The molecule has 3 rings (SSSR count). The smallest absolute Gasteiger partial charge is 0.307 e. The number of aromatic nitrogens is 1. The highest BCUT2D eigenvalue weighted by Crippen LogP contribution is 2.39. The number of hydrogen-bond acceptors (Lipinski definition) is 4. The van der Waals surface area contributed by atoms with Crippen LogP contribution in [0.1, 0.15) is 11.4 Å². The standard InChI is InChI=1S/C15H14N2O3S/c1-8-16-13(7-21-8)9-2-4-10(5-3-9)17-14(18)11-6-12(11)15(19)20/h2-5,7,11-12H,6H2,1H3,(H,17,18)(H,19,20)/t11-,12+/m1/s1. The van der Waals surface area contributed by atoms with E-state index in [9.17, 15) is 9.59 Å². The minimum atomic E-state index is -0.899. The first-order chi connectivity index (χ1) is 10.0. The number of amides is 1. The van der Waals surface area contributed by atoms with Gasteiger partial charge in [0.2, 0.25) is 5.91 Å². The fourth-order valence-corrected chi connectivity index (χ4v) is 2.84. The molecule has 21 heavy (non-hydrogen) atoms. The Balaban J connectivity index is 1.65. The van der Waals surface area contributed by atoms with Crippen molar-refractivity contribution in [3.8, 4) is 11.3 Å². The summed E-state index contributed by atoms with van der Waals surface area (Å²) in [4.78, 5) is 27.0. The quantitative estimate of drug-likeness (QED) is 0.910. The van der Waals surface area contributed by atoms with Crippen LogP contribution in [0.5, 0.6) is 0 Å². The molecule has 2 N–H and O–H groups in total. The molecular weight excluding hydrogens is 288 g/mol. The number of aryl methyl sites for hydroxylation is 1. The SMILES string of the molecule is Cc1nc(-c2ccc(NC(=O)[C@@H]3C[C@@H]3C(=O)O)cc2)cs1. The summed E-state index contributed by atoms with van der Waals surface area (Å²) in [5.74, 6) is -2.05. The molecule has 1 heterocycles. The second-order valence-electron chi connectivity index (χ2n) is 5.11. The molecule has 0 saturated heterocycles. The Morgan fingerprint density at radius 2 is 2.00 bits per heavy atom. The van der Waals surface area contributed by atoms with Crippen LogP contribution in [0, 0.1) is 18.8 Å². The van der Waals surface area contributed by atoms with Gasteiger partial charge in [0.1, 0.15) is 0 Å². The number of carboxylic acid groups (broad SMARTS) is 1. The third kappa shape index (κ3) is 2.95. The topological polar surface area (TPSA) is 79.3 Å². The Labute approximate surface area is 125 Å². The highest BCUT2D eigenvalue weighted by atomic mass is 32.1. The first-order valence-electron chi connectivity index (χ1n) is 6.61. The van der Waals surface area contributed by atoms with Crippen molar-refractivity contribution in [1.29, 1.82) is 0 Å². The number of nitrogens with one attached hydrogen (secondary N) is 1. The largest absolute Gasteiger partial charge is 0.481 e. The number of nitrogens with zero attached hydrogens (tertiary/aromatic N) is 1. The van der Waals surface area contributed by atoms with E-state index in [1.165, 1.54) is 0 Å². The summed E-state index contributed by atoms with van der Waals surface area (Å²) in [6, 6.07) is 7.40. The predicted molar refractivity (Wildman–Crippen MR) is 80.1 cm³/mol. The molecule has 1 aliphatic carbocycles. The second-order valence-corrected chi connectivity index (χ2v) is 6.17. The zero-order valence-corrected chi connectivity index (χ0v) is 12.2. The van der Waals surface area contributed by atoms with E-state index >= 15 is 0 Å². The minimum absolute atomic E-state index is 0.223. The lowest BCUT2D eigenvalue weighted by Crippen LogP contribution is -2.16. The molecule has 1 aromatic heterocycles. The number of rotatable bonds is 4. The fourth-order valence-electron chi connectivity index (χ4n) is 2.21. The van der Waals surface area contributed by atoms with Crippen LogP contribution < -0.4 is 5.32 Å². The Morgan fingerprint density at radius 1 is 1.29 bits per heavy atom. The van der Waals surface area contributed by atoms with Crippen molar-refractivity contribution >= 4 is 28.9 Å². The Hall–Kier alpha value is -2.21. The number of carboxylic acids is 1. The van der Waals surface area contributed by atoms with Crippen LogP contribution in [0.2, 0.25) is 0 Å². The van der Waals surface area contributed by atoms with Crippen LogP contribution in [-0.4, -0.2) is 22.0 Å². The molecule has 1 amide bonds. The van der Waals surface area contributed by atoms with E-state index < -0.39 is 17.8 Å². The van der Waals surface area contributed by atoms with Gasteiger partial charge in [-0.15, -0.1) is 11.3 Å². The molecule has 0 bridgehead atoms. The molecule has 0 aliphatic heterocycles. The van der Waals surface area contributed by atoms with E-state index in [4.69, 9.17) is 5.11 Å². The highest BCUT2D eigenvalue weighted by Gasteiger charge is 2.48. The third-order valence-corrected chi connectivity index (χ3v) is 4.29. The van der Waals surface area contributed by atoms with Crippen molar-refractivity contribution in [2.75, 3.05) is 5.32 Å². The van der Waals surface area contributed by atoms with E-state index in [-0.39, 0.29) is 5.91 Å². The number of hydrogen-bond donors (Lipinski definition) is 2. The maximum absolute atomic E-state index is 11.9. The average Bonchev–Trinajstić information content (AvgIpc) is 3.16. The van der Waals surface area contributed by atoms with E-state index in [2.05, 4.69) is 10.3 Å². The molecule has 0 unspecified atom stereocenters. The van der Waals surface area contributed by atoms with Gasteiger partial charge in [0.25, 0.3) is 0 Å². The zero-order valence-electron chi connectivity index (χ0n) is 11.4. The average molecular weight is 302 g/mol. The fraction of sp³-hybridized carbons (Fsp3) is 0.267. The van der Waals surface area contributed by atoms with Gasteiger partial charge in [-0.3, -0.25) is 9.59 Å². The van der Waals surface area contributed by atoms with Gasteiger partial charge in [-0.2, -0.15) is 0 Å². The van der Waals surface area contributed by atoms with Gasteiger partial charge in [-0.25, -0.2) is 4.98 Å². The van der Waals surface area contributed by atoms with E-state index in [0.29, 0.717) is 12.1 Å². The van der Waals surface area contributed by atoms with Crippen LogP contribution in [0.4, 0.5) is 5.69 Å². The lowest BCUT2D eigenvalue weighted by Gasteiger charge is -2.05.